The molecule has 0 atom stereocenters. The minimum atomic E-state index is 0.275. The molecule has 1 aliphatic rings. The Morgan fingerprint density at radius 3 is 2.33 bits per heavy atom. The Morgan fingerprint density at radius 1 is 0.963 bits per heavy atom. The number of aromatic nitrogens is 2. The lowest BCUT2D eigenvalue weighted by Gasteiger charge is -2.31. The summed E-state index contributed by atoms with van der Waals surface area (Å²) < 4.78 is 1.94. The van der Waals surface area contributed by atoms with Crippen LogP contribution in [0.4, 0.5) is 0 Å². The van der Waals surface area contributed by atoms with E-state index in [2.05, 4.69) is 35.6 Å². The van der Waals surface area contributed by atoms with Gasteiger partial charge in [-0.3, -0.25) is 4.79 Å². The lowest BCUT2D eigenvalue weighted by atomic mass is 9.91. The molecule has 0 bridgehead atoms. The number of amides is 1. The maximum absolute atomic E-state index is 12.5. The van der Waals surface area contributed by atoms with Crippen molar-refractivity contribution in [1.29, 1.82) is 0 Å². The molecule has 1 aliphatic heterocycles. The second kappa shape index (κ2) is 8.21. The number of aryl methyl sites for hydroxylation is 1. The number of nitrogens with zero attached hydrogens (tertiary/aromatic N) is 3. The van der Waals surface area contributed by atoms with Crippen LogP contribution >= 0.6 is 0 Å². The molecule has 0 N–H and O–H groups in total. The van der Waals surface area contributed by atoms with Crippen molar-refractivity contribution in [2.45, 2.75) is 31.6 Å². The summed E-state index contributed by atoms with van der Waals surface area (Å²) in [7, 11) is 0. The van der Waals surface area contributed by atoms with Gasteiger partial charge in [0.1, 0.15) is 0 Å². The molecular weight excluding hydrogens is 334 g/mol. The molecular formula is C23H25N3O. The van der Waals surface area contributed by atoms with Gasteiger partial charge in [0.05, 0.1) is 11.9 Å². The van der Waals surface area contributed by atoms with E-state index in [0.29, 0.717) is 12.3 Å². The monoisotopic (exact) mass is 359 g/mol. The van der Waals surface area contributed by atoms with Crippen LogP contribution in [0, 0.1) is 0 Å². The predicted molar refractivity (Wildman–Crippen MR) is 107 cm³/mol. The van der Waals surface area contributed by atoms with Crippen molar-refractivity contribution in [3.63, 3.8) is 0 Å². The normalized spacial score (nSPS) is 15.0. The van der Waals surface area contributed by atoms with Gasteiger partial charge >= 0.3 is 0 Å². The van der Waals surface area contributed by atoms with Gasteiger partial charge < -0.3 is 4.90 Å². The van der Waals surface area contributed by atoms with E-state index >= 15 is 0 Å². The fourth-order valence-corrected chi connectivity index (χ4v) is 3.79. The molecule has 2 aromatic carbocycles. The number of likely N-dealkylation sites (tertiary alicyclic amines) is 1. The molecule has 1 saturated heterocycles. The standard InChI is InChI=1S/C23H25N3O/c27-23(12-11-19-7-3-1-4-8-19)25-15-13-20(14-16-25)21-17-24-26(18-21)22-9-5-2-6-10-22/h1-10,17-18,20H,11-16H2. The summed E-state index contributed by atoms with van der Waals surface area (Å²) in [6, 6.07) is 20.4. The fraction of sp³-hybridized carbons (Fsp3) is 0.304. The second-order valence-corrected chi connectivity index (χ2v) is 7.19. The number of benzene rings is 2. The zero-order valence-electron chi connectivity index (χ0n) is 15.5. The lowest BCUT2D eigenvalue weighted by Crippen LogP contribution is -2.38. The molecule has 138 valence electrons. The van der Waals surface area contributed by atoms with Gasteiger partial charge in [-0.1, -0.05) is 48.5 Å². The van der Waals surface area contributed by atoms with Crippen LogP contribution in [0.5, 0.6) is 0 Å². The van der Waals surface area contributed by atoms with E-state index < -0.39 is 0 Å². The maximum Gasteiger partial charge on any atom is 0.222 e. The van der Waals surface area contributed by atoms with Crippen LogP contribution in [-0.4, -0.2) is 33.7 Å². The van der Waals surface area contributed by atoms with Crippen molar-refractivity contribution in [1.82, 2.24) is 14.7 Å². The summed E-state index contributed by atoms with van der Waals surface area (Å²) in [4.78, 5) is 14.5. The molecule has 1 fully saturated rings. The molecule has 1 amide bonds. The molecule has 3 aromatic rings. The van der Waals surface area contributed by atoms with Gasteiger partial charge in [0.15, 0.2) is 0 Å². The lowest BCUT2D eigenvalue weighted by molar-refractivity contribution is -0.132. The molecule has 4 rings (SSSR count). The summed E-state index contributed by atoms with van der Waals surface area (Å²) in [5, 5.41) is 4.51. The van der Waals surface area contributed by atoms with Crippen molar-refractivity contribution in [3.05, 3.63) is 84.2 Å². The quantitative estimate of drug-likeness (QED) is 0.684. The third kappa shape index (κ3) is 4.27. The van der Waals surface area contributed by atoms with Crippen LogP contribution in [0.3, 0.4) is 0 Å². The first-order valence-corrected chi connectivity index (χ1v) is 9.71. The van der Waals surface area contributed by atoms with Gasteiger partial charge in [-0.05, 0) is 48.4 Å². The summed E-state index contributed by atoms with van der Waals surface area (Å²) in [6.45, 7) is 1.68. The van der Waals surface area contributed by atoms with Crippen LogP contribution < -0.4 is 0 Å². The van der Waals surface area contributed by atoms with Crippen molar-refractivity contribution >= 4 is 5.91 Å². The first-order chi connectivity index (χ1) is 13.3. The van der Waals surface area contributed by atoms with Gasteiger partial charge in [-0.2, -0.15) is 5.10 Å². The summed E-state index contributed by atoms with van der Waals surface area (Å²) >= 11 is 0. The molecule has 0 aliphatic carbocycles. The second-order valence-electron chi connectivity index (χ2n) is 7.19. The molecule has 0 radical (unpaired) electrons. The molecule has 2 heterocycles. The smallest absolute Gasteiger partial charge is 0.222 e. The van der Waals surface area contributed by atoms with Gasteiger partial charge in [0, 0.05) is 25.7 Å². The summed E-state index contributed by atoms with van der Waals surface area (Å²) in [6.07, 6.45) is 7.55. The molecule has 0 spiro atoms. The van der Waals surface area contributed by atoms with Crippen molar-refractivity contribution < 1.29 is 4.79 Å². The van der Waals surface area contributed by atoms with E-state index in [-0.39, 0.29) is 5.91 Å². The third-order valence-electron chi connectivity index (χ3n) is 5.41. The van der Waals surface area contributed by atoms with Crippen LogP contribution in [0.15, 0.2) is 73.1 Å². The highest BCUT2D eigenvalue weighted by atomic mass is 16.2. The number of hydrogen-bond donors (Lipinski definition) is 0. The number of carbonyl (C=O) groups is 1. The average Bonchev–Trinajstić information content (AvgIpc) is 3.24. The molecule has 0 saturated carbocycles. The number of rotatable bonds is 5. The average molecular weight is 359 g/mol. The van der Waals surface area contributed by atoms with Gasteiger partial charge in [-0.15, -0.1) is 0 Å². The van der Waals surface area contributed by atoms with Crippen LogP contribution in [0.25, 0.3) is 5.69 Å². The zero-order chi connectivity index (χ0) is 18.5. The van der Waals surface area contributed by atoms with Crippen LogP contribution in [-0.2, 0) is 11.2 Å². The number of piperidine rings is 1. The first-order valence-electron chi connectivity index (χ1n) is 9.71. The zero-order valence-corrected chi connectivity index (χ0v) is 15.5. The molecule has 4 nitrogen and oxygen atoms in total. The Hall–Kier alpha value is -2.88. The van der Waals surface area contributed by atoms with Gasteiger partial charge in [0.2, 0.25) is 5.91 Å². The molecule has 0 unspecified atom stereocenters. The van der Waals surface area contributed by atoms with E-state index in [9.17, 15) is 4.79 Å². The van der Waals surface area contributed by atoms with Crippen molar-refractivity contribution in [2.75, 3.05) is 13.1 Å². The largest absolute Gasteiger partial charge is 0.343 e. The van der Waals surface area contributed by atoms with E-state index in [0.717, 1.165) is 38.0 Å². The SMILES string of the molecule is O=C(CCc1ccccc1)N1CCC(c2cnn(-c3ccccc3)c2)CC1. The van der Waals surface area contributed by atoms with Gasteiger partial charge in [-0.25, -0.2) is 4.68 Å². The topological polar surface area (TPSA) is 38.1 Å². The fourth-order valence-electron chi connectivity index (χ4n) is 3.79. The van der Waals surface area contributed by atoms with Crippen LogP contribution in [0.2, 0.25) is 0 Å². The predicted octanol–water partition coefficient (Wildman–Crippen LogP) is 4.21. The van der Waals surface area contributed by atoms with Crippen molar-refractivity contribution in [3.8, 4) is 5.69 Å². The van der Waals surface area contributed by atoms with E-state index in [1.54, 1.807) is 0 Å². The van der Waals surface area contributed by atoms with Crippen LogP contribution in [0.1, 0.15) is 36.3 Å². The summed E-state index contributed by atoms with van der Waals surface area (Å²) in [5.74, 6) is 0.762. The molecule has 1 aromatic heterocycles. The Morgan fingerprint density at radius 2 is 1.63 bits per heavy atom. The number of hydrogen-bond acceptors (Lipinski definition) is 2. The molecule has 27 heavy (non-hydrogen) atoms. The number of para-hydroxylation sites is 1. The van der Waals surface area contributed by atoms with E-state index in [1.807, 2.05) is 52.2 Å². The maximum atomic E-state index is 12.5. The first kappa shape index (κ1) is 17.5. The van der Waals surface area contributed by atoms with E-state index in [4.69, 9.17) is 0 Å². The highest BCUT2D eigenvalue weighted by Gasteiger charge is 2.24. The highest BCUT2D eigenvalue weighted by molar-refractivity contribution is 5.76. The minimum absolute atomic E-state index is 0.275. The van der Waals surface area contributed by atoms with Gasteiger partial charge in [0.25, 0.3) is 0 Å². The number of carbonyl (C=O) groups excluding carboxylic acids is 1. The molecule has 4 heteroatoms. The highest BCUT2D eigenvalue weighted by Crippen LogP contribution is 2.28. The minimum Gasteiger partial charge on any atom is -0.343 e. The Balaban J connectivity index is 1.30. The van der Waals surface area contributed by atoms with Crippen molar-refractivity contribution in [2.24, 2.45) is 0 Å². The Bertz CT molecular complexity index is 865. The summed E-state index contributed by atoms with van der Waals surface area (Å²) in [5.41, 5.74) is 3.58. The third-order valence-corrected chi connectivity index (χ3v) is 5.41. The Kier molecular flexibility index (Phi) is 5.33. The Labute approximate surface area is 160 Å². The van der Waals surface area contributed by atoms with E-state index in [1.165, 1.54) is 11.1 Å².